The van der Waals surface area contributed by atoms with E-state index in [-0.39, 0.29) is 0 Å². The van der Waals surface area contributed by atoms with Crippen LogP contribution in [0.4, 0.5) is 0 Å². The molecule has 0 saturated heterocycles. The lowest BCUT2D eigenvalue weighted by molar-refractivity contribution is -0.150. The van der Waals surface area contributed by atoms with Crippen molar-refractivity contribution in [2.45, 2.75) is 26.6 Å². The third kappa shape index (κ3) is 5.28. The number of halogens is 1. The maximum Gasteiger partial charge on any atom is 0.347 e. The van der Waals surface area contributed by atoms with E-state index in [4.69, 9.17) is 14.2 Å². The summed E-state index contributed by atoms with van der Waals surface area (Å²) in [7, 11) is 0. The van der Waals surface area contributed by atoms with Gasteiger partial charge in [-0.25, -0.2) is 4.79 Å². The monoisotopic (exact) mass is 378 g/mol. The van der Waals surface area contributed by atoms with Crippen LogP contribution in [-0.4, -0.2) is 18.7 Å². The second-order valence-electron chi connectivity index (χ2n) is 4.88. The third-order valence-electron chi connectivity index (χ3n) is 3.07. The molecule has 5 heteroatoms. The van der Waals surface area contributed by atoms with Gasteiger partial charge in [-0.1, -0.05) is 30.3 Å². The number of hydrogen-bond acceptors (Lipinski definition) is 4. The molecule has 0 fully saturated rings. The van der Waals surface area contributed by atoms with Crippen molar-refractivity contribution in [2.24, 2.45) is 0 Å². The largest absolute Gasteiger partial charge is 0.489 e. The molecule has 0 aromatic heterocycles. The van der Waals surface area contributed by atoms with Crippen LogP contribution in [0.3, 0.4) is 0 Å². The number of benzene rings is 2. The molecule has 0 unspecified atom stereocenters. The van der Waals surface area contributed by atoms with Gasteiger partial charge in [0, 0.05) is 6.07 Å². The zero-order valence-corrected chi connectivity index (χ0v) is 14.7. The molecule has 23 heavy (non-hydrogen) atoms. The van der Waals surface area contributed by atoms with Crippen LogP contribution < -0.4 is 9.47 Å². The van der Waals surface area contributed by atoms with Crippen molar-refractivity contribution in [3.63, 3.8) is 0 Å². The summed E-state index contributed by atoms with van der Waals surface area (Å²) in [5, 5.41) is 0. The molecule has 2 rings (SSSR count). The Morgan fingerprint density at radius 1 is 1.17 bits per heavy atom. The Hall–Kier alpha value is -2.01. The molecular formula is C18H19BrO4. The van der Waals surface area contributed by atoms with E-state index in [2.05, 4.69) is 15.9 Å². The predicted octanol–water partition coefficient (Wildman–Crippen LogP) is 4.36. The number of carbonyl (C=O) groups excluding carboxylic acids is 1. The van der Waals surface area contributed by atoms with Gasteiger partial charge in [0.1, 0.15) is 18.1 Å². The number of rotatable bonds is 7. The quantitative estimate of drug-likeness (QED) is 0.671. The standard InChI is InChI=1S/C18H19BrO4/c1-3-21-18(20)13(2)23-17-11-15(9-10-16(17)19)22-12-14-7-5-4-6-8-14/h4-11,13H,3,12H2,1-2H3/t13-/m1/s1. The van der Waals surface area contributed by atoms with E-state index in [1.165, 1.54) is 0 Å². The van der Waals surface area contributed by atoms with Gasteiger partial charge in [-0.15, -0.1) is 0 Å². The Morgan fingerprint density at radius 3 is 2.61 bits per heavy atom. The Labute approximate surface area is 144 Å². The SMILES string of the molecule is CCOC(=O)[C@@H](C)Oc1cc(OCc2ccccc2)ccc1Br. The van der Waals surface area contributed by atoms with Crippen LogP contribution in [-0.2, 0) is 16.1 Å². The van der Waals surface area contributed by atoms with Crippen molar-refractivity contribution in [2.75, 3.05) is 6.61 Å². The molecule has 0 spiro atoms. The summed E-state index contributed by atoms with van der Waals surface area (Å²) in [4.78, 5) is 11.7. The third-order valence-corrected chi connectivity index (χ3v) is 3.73. The van der Waals surface area contributed by atoms with Crippen molar-refractivity contribution >= 4 is 21.9 Å². The summed E-state index contributed by atoms with van der Waals surface area (Å²) in [6.07, 6.45) is -0.685. The molecule has 0 bridgehead atoms. The molecule has 0 saturated carbocycles. The van der Waals surface area contributed by atoms with Gasteiger partial charge in [0.25, 0.3) is 0 Å². The van der Waals surface area contributed by atoms with Crippen molar-refractivity contribution in [1.29, 1.82) is 0 Å². The molecular weight excluding hydrogens is 360 g/mol. The van der Waals surface area contributed by atoms with E-state index in [1.807, 2.05) is 42.5 Å². The minimum atomic E-state index is -0.685. The van der Waals surface area contributed by atoms with E-state index in [1.54, 1.807) is 19.9 Å². The fourth-order valence-corrected chi connectivity index (χ4v) is 2.24. The number of ether oxygens (including phenoxy) is 3. The highest BCUT2D eigenvalue weighted by Crippen LogP contribution is 2.30. The molecule has 2 aromatic carbocycles. The average molecular weight is 379 g/mol. The Kier molecular flexibility index (Phi) is 6.47. The van der Waals surface area contributed by atoms with Gasteiger partial charge in [-0.05, 0) is 47.5 Å². The lowest BCUT2D eigenvalue weighted by Gasteiger charge is -2.15. The van der Waals surface area contributed by atoms with Crippen LogP contribution in [0.2, 0.25) is 0 Å². The van der Waals surface area contributed by atoms with Crippen molar-refractivity contribution in [3.8, 4) is 11.5 Å². The molecule has 0 N–H and O–H groups in total. The first-order valence-corrected chi connectivity index (χ1v) is 8.19. The van der Waals surface area contributed by atoms with E-state index in [0.29, 0.717) is 24.7 Å². The van der Waals surface area contributed by atoms with Crippen LogP contribution in [0.25, 0.3) is 0 Å². The molecule has 0 amide bonds. The number of esters is 1. The predicted molar refractivity (Wildman–Crippen MR) is 91.6 cm³/mol. The molecule has 0 aliphatic heterocycles. The van der Waals surface area contributed by atoms with Gasteiger partial charge in [0.15, 0.2) is 6.10 Å². The molecule has 0 aliphatic carbocycles. The minimum absolute atomic E-state index is 0.327. The summed E-state index contributed by atoms with van der Waals surface area (Å²) < 4.78 is 17.1. The summed E-state index contributed by atoms with van der Waals surface area (Å²) >= 11 is 3.41. The fourth-order valence-electron chi connectivity index (χ4n) is 1.90. The molecule has 0 heterocycles. The Bertz CT molecular complexity index is 643. The first-order chi connectivity index (χ1) is 11.1. The van der Waals surface area contributed by atoms with Gasteiger partial charge in [-0.2, -0.15) is 0 Å². The van der Waals surface area contributed by atoms with Gasteiger partial charge in [0.2, 0.25) is 0 Å². The molecule has 2 aromatic rings. The molecule has 122 valence electrons. The van der Waals surface area contributed by atoms with Crippen molar-refractivity contribution in [1.82, 2.24) is 0 Å². The van der Waals surface area contributed by atoms with Gasteiger partial charge < -0.3 is 14.2 Å². The zero-order valence-electron chi connectivity index (χ0n) is 13.1. The second-order valence-corrected chi connectivity index (χ2v) is 5.73. The van der Waals surface area contributed by atoms with Crippen LogP contribution >= 0.6 is 15.9 Å². The Balaban J connectivity index is 2.02. The average Bonchev–Trinajstić information content (AvgIpc) is 2.56. The fraction of sp³-hybridized carbons (Fsp3) is 0.278. The van der Waals surface area contributed by atoms with Crippen LogP contribution in [0.5, 0.6) is 11.5 Å². The highest BCUT2D eigenvalue weighted by molar-refractivity contribution is 9.10. The zero-order chi connectivity index (χ0) is 16.7. The maximum absolute atomic E-state index is 11.7. The second kappa shape index (κ2) is 8.58. The smallest absolute Gasteiger partial charge is 0.347 e. The number of hydrogen-bond donors (Lipinski definition) is 0. The minimum Gasteiger partial charge on any atom is -0.489 e. The highest BCUT2D eigenvalue weighted by Gasteiger charge is 2.17. The highest BCUT2D eigenvalue weighted by atomic mass is 79.9. The summed E-state index contributed by atoms with van der Waals surface area (Å²) in [6, 6.07) is 15.3. The van der Waals surface area contributed by atoms with E-state index in [0.717, 1.165) is 10.0 Å². The van der Waals surface area contributed by atoms with Gasteiger partial charge in [-0.3, -0.25) is 0 Å². The van der Waals surface area contributed by atoms with Crippen LogP contribution in [0.15, 0.2) is 53.0 Å². The van der Waals surface area contributed by atoms with Gasteiger partial charge >= 0.3 is 5.97 Å². The maximum atomic E-state index is 11.7. The van der Waals surface area contributed by atoms with Crippen LogP contribution in [0, 0.1) is 0 Å². The van der Waals surface area contributed by atoms with E-state index >= 15 is 0 Å². The number of carbonyl (C=O) groups is 1. The van der Waals surface area contributed by atoms with Gasteiger partial charge in [0.05, 0.1) is 11.1 Å². The first-order valence-electron chi connectivity index (χ1n) is 7.39. The lowest BCUT2D eigenvalue weighted by atomic mass is 10.2. The molecule has 4 nitrogen and oxygen atoms in total. The van der Waals surface area contributed by atoms with E-state index in [9.17, 15) is 4.79 Å². The lowest BCUT2D eigenvalue weighted by Crippen LogP contribution is -2.26. The topological polar surface area (TPSA) is 44.8 Å². The molecule has 0 aliphatic rings. The Morgan fingerprint density at radius 2 is 1.91 bits per heavy atom. The normalized spacial score (nSPS) is 11.6. The summed E-state index contributed by atoms with van der Waals surface area (Å²) in [5.41, 5.74) is 1.08. The van der Waals surface area contributed by atoms with Crippen molar-refractivity contribution in [3.05, 3.63) is 58.6 Å². The summed E-state index contributed by atoms with van der Waals surface area (Å²) in [6.45, 7) is 4.21. The van der Waals surface area contributed by atoms with Crippen molar-refractivity contribution < 1.29 is 19.0 Å². The first kappa shape index (κ1) is 17.3. The molecule has 0 radical (unpaired) electrons. The molecule has 1 atom stereocenters. The van der Waals surface area contributed by atoms with Crippen LogP contribution in [0.1, 0.15) is 19.4 Å². The van der Waals surface area contributed by atoms with E-state index < -0.39 is 12.1 Å². The summed E-state index contributed by atoms with van der Waals surface area (Å²) in [5.74, 6) is 0.814.